The first kappa shape index (κ1) is 14.4. The molecule has 0 spiro atoms. The zero-order chi connectivity index (χ0) is 12.2. The number of nitrogens with one attached hydrogen (secondary N) is 1. The van der Waals surface area contributed by atoms with Crippen LogP contribution < -0.4 is 5.32 Å². The van der Waals surface area contributed by atoms with Crippen molar-refractivity contribution < 1.29 is 14.7 Å². The topological polar surface area (TPSA) is 90.2 Å². The normalized spacial score (nSPS) is 9.44. The highest BCUT2D eigenvalue weighted by Crippen LogP contribution is 1.99. The number of nitrogens with zero attached hydrogens (tertiary/aromatic N) is 1. The lowest BCUT2D eigenvalue weighted by atomic mass is 10.2. The van der Waals surface area contributed by atoms with Gasteiger partial charge in [-0.3, -0.25) is 9.59 Å². The third kappa shape index (κ3) is 10.5. The van der Waals surface area contributed by atoms with Crippen LogP contribution in [0.5, 0.6) is 0 Å². The number of hydrogen-bond acceptors (Lipinski definition) is 3. The molecule has 0 aliphatic rings. The van der Waals surface area contributed by atoms with Crippen molar-refractivity contribution >= 4 is 11.9 Å². The number of unbranched alkanes of at least 4 members (excludes halogenated alkanes) is 3. The Balaban J connectivity index is 3.25. The van der Waals surface area contributed by atoms with Gasteiger partial charge in [-0.25, -0.2) is 0 Å². The molecule has 90 valence electrons. The highest BCUT2D eigenvalue weighted by Gasteiger charge is 2.01. The van der Waals surface area contributed by atoms with Gasteiger partial charge in [0.05, 0.1) is 6.07 Å². The first-order valence-electron chi connectivity index (χ1n) is 5.52. The first-order chi connectivity index (χ1) is 7.66. The molecule has 0 bridgehead atoms. The lowest BCUT2D eigenvalue weighted by molar-refractivity contribution is -0.137. The van der Waals surface area contributed by atoms with Crippen molar-refractivity contribution in [3.8, 4) is 6.07 Å². The monoisotopic (exact) mass is 226 g/mol. The number of carbonyl (C=O) groups is 2. The van der Waals surface area contributed by atoms with Crippen LogP contribution in [0.1, 0.15) is 44.9 Å². The van der Waals surface area contributed by atoms with E-state index in [-0.39, 0.29) is 12.3 Å². The molecule has 5 heteroatoms. The summed E-state index contributed by atoms with van der Waals surface area (Å²) in [6.07, 6.45) is 3.78. The lowest BCUT2D eigenvalue weighted by Gasteiger charge is -2.03. The summed E-state index contributed by atoms with van der Waals surface area (Å²) in [6, 6.07) is 2.04. The molecule has 2 N–H and O–H groups in total. The van der Waals surface area contributed by atoms with Crippen molar-refractivity contribution in [3.05, 3.63) is 0 Å². The van der Waals surface area contributed by atoms with E-state index in [0.29, 0.717) is 32.2 Å². The summed E-state index contributed by atoms with van der Waals surface area (Å²) in [5.74, 6) is -0.862. The van der Waals surface area contributed by atoms with Gasteiger partial charge in [0.25, 0.3) is 0 Å². The van der Waals surface area contributed by atoms with Crippen molar-refractivity contribution in [3.63, 3.8) is 0 Å². The molecule has 0 aromatic rings. The van der Waals surface area contributed by atoms with Gasteiger partial charge in [0, 0.05) is 25.8 Å². The first-order valence-corrected chi connectivity index (χ1v) is 5.52. The number of carbonyl (C=O) groups excluding carboxylic acids is 1. The minimum absolute atomic E-state index is 0.0395. The maximum Gasteiger partial charge on any atom is 0.303 e. The molecule has 16 heavy (non-hydrogen) atoms. The van der Waals surface area contributed by atoms with Crippen molar-refractivity contribution in [1.82, 2.24) is 5.32 Å². The molecule has 0 rings (SSSR count). The third-order valence-electron chi connectivity index (χ3n) is 2.08. The van der Waals surface area contributed by atoms with Crippen molar-refractivity contribution in [1.29, 1.82) is 5.26 Å². The second-order valence-electron chi connectivity index (χ2n) is 3.57. The molecule has 0 saturated heterocycles. The number of hydrogen-bond donors (Lipinski definition) is 2. The van der Waals surface area contributed by atoms with Crippen molar-refractivity contribution in [2.45, 2.75) is 44.9 Å². The van der Waals surface area contributed by atoms with Crippen LogP contribution in [0.15, 0.2) is 0 Å². The average molecular weight is 226 g/mol. The van der Waals surface area contributed by atoms with Crippen LogP contribution in [0.25, 0.3) is 0 Å². The van der Waals surface area contributed by atoms with E-state index in [1.165, 1.54) is 0 Å². The van der Waals surface area contributed by atoms with Crippen LogP contribution in [-0.4, -0.2) is 23.5 Å². The van der Waals surface area contributed by atoms with E-state index in [4.69, 9.17) is 10.4 Å². The largest absolute Gasteiger partial charge is 0.481 e. The number of carboxylic acids is 1. The standard InChI is InChI=1S/C11H18N2O3/c12-8-4-1-5-9-13-10(14)6-2-3-7-11(15)16/h1-7,9H2,(H,13,14)(H,15,16). The molecule has 0 unspecified atom stereocenters. The molecule has 0 atom stereocenters. The van der Waals surface area contributed by atoms with Crippen molar-refractivity contribution in [2.24, 2.45) is 0 Å². The van der Waals surface area contributed by atoms with E-state index >= 15 is 0 Å². The van der Waals surface area contributed by atoms with E-state index < -0.39 is 5.97 Å². The molecule has 1 amide bonds. The number of aliphatic carboxylic acids is 1. The molecule has 0 aliphatic carbocycles. The Labute approximate surface area is 95.4 Å². The molecular weight excluding hydrogens is 208 g/mol. The zero-order valence-electron chi connectivity index (χ0n) is 9.37. The molecular formula is C11H18N2O3. The molecule has 0 aromatic heterocycles. The molecule has 5 nitrogen and oxygen atoms in total. The van der Waals surface area contributed by atoms with Gasteiger partial charge in [-0.05, 0) is 25.7 Å². The maximum absolute atomic E-state index is 11.2. The van der Waals surface area contributed by atoms with Crippen LogP contribution >= 0.6 is 0 Å². The second kappa shape index (κ2) is 9.97. The van der Waals surface area contributed by atoms with Crippen LogP contribution in [-0.2, 0) is 9.59 Å². The van der Waals surface area contributed by atoms with E-state index in [0.717, 1.165) is 12.8 Å². The Morgan fingerprint density at radius 2 is 1.81 bits per heavy atom. The van der Waals surface area contributed by atoms with Crippen molar-refractivity contribution in [2.75, 3.05) is 6.54 Å². The third-order valence-corrected chi connectivity index (χ3v) is 2.08. The van der Waals surface area contributed by atoms with Gasteiger partial charge in [0.1, 0.15) is 0 Å². The fraction of sp³-hybridized carbons (Fsp3) is 0.727. The molecule has 0 aliphatic heterocycles. The van der Waals surface area contributed by atoms with E-state index in [9.17, 15) is 9.59 Å². The van der Waals surface area contributed by atoms with Crippen LogP contribution in [0, 0.1) is 11.3 Å². The van der Waals surface area contributed by atoms with Crippen LogP contribution in [0.3, 0.4) is 0 Å². The molecule has 0 heterocycles. The zero-order valence-corrected chi connectivity index (χ0v) is 9.37. The molecule has 0 fully saturated rings. The quantitative estimate of drug-likeness (QED) is 0.582. The summed E-state index contributed by atoms with van der Waals surface area (Å²) in [5, 5.41) is 19.4. The highest BCUT2D eigenvalue weighted by molar-refractivity contribution is 5.75. The predicted molar refractivity (Wildman–Crippen MR) is 58.6 cm³/mol. The lowest BCUT2D eigenvalue weighted by Crippen LogP contribution is -2.23. The second-order valence-corrected chi connectivity index (χ2v) is 3.57. The Bertz CT molecular complexity index is 258. The SMILES string of the molecule is N#CCCCCNC(=O)CCCCC(=O)O. The number of amides is 1. The van der Waals surface area contributed by atoms with E-state index in [1.807, 2.05) is 6.07 Å². The number of rotatable bonds is 9. The summed E-state index contributed by atoms with van der Waals surface area (Å²) in [7, 11) is 0. The van der Waals surface area contributed by atoms with Gasteiger partial charge in [-0.2, -0.15) is 5.26 Å². The molecule has 0 saturated carbocycles. The minimum atomic E-state index is -0.822. The summed E-state index contributed by atoms with van der Waals surface area (Å²) in [4.78, 5) is 21.4. The van der Waals surface area contributed by atoms with Gasteiger partial charge in [0.15, 0.2) is 0 Å². The van der Waals surface area contributed by atoms with E-state index in [2.05, 4.69) is 5.32 Å². The maximum atomic E-state index is 11.2. The predicted octanol–water partition coefficient (Wildman–Crippen LogP) is 1.44. The molecule has 0 aromatic carbocycles. The fourth-order valence-corrected chi connectivity index (χ4v) is 1.21. The summed E-state index contributed by atoms with van der Waals surface area (Å²) in [5.41, 5.74) is 0. The highest BCUT2D eigenvalue weighted by atomic mass is 16.4. The Morgan fingerprint density at radius 3 is 2.44 bits per heavy atom. The van der Waals surface area contributed by atoms with Gasteiger partial charge in [-0.15, -0.1) is 0 Å². The fourth-order valence-electron chi connectivity index (χ4n) is 1.21. The Kier molecular flexibility index (Phi) is 8.99. The Hall–Kier alpha value is -1.57. The van der Waals surface area contributed by atoms with Gasteiger partial charge in [-0.1, -0.05) is 0 Å². The number of carboxylic acid groups (broad SMARTS) is 1. The Morgan fingerprint density at radius 1 is 1.12 bits per heavy atom. The molecule has 0 radical (unpaired) electrons. The minimum Gasteiger partial charge on any atom is -0.481 e. The summed E-state index contributed by atoms with van der Waals surface area (Å²) in [6.45, 7) is 0.597. The average Bonchev–Trinajstić information content (AvgIpc) is 2.24. The summed E-state index contributed by atoms with van der Waals surface area (Å²) < 4.78 is 0. The van der Waals surface area contributed by atoms with Gasteiger partial charge >= 0.3 is 5.97 Å². The number of nitriles is 1. The van der Waals surface area contributed by atoms with Crippen LogP contribution in [0.4, 0.5) is 0 Å². The summed E-state index contributed by atoms with van der Waals surface area (Å²) >= 11 is 0. The van der Waals surface area contributed by atoms with Crippen LogP contribution in [0.2, 0.25) is 0 Å². The van der Waals surface area contributed by atoms with E-state index in [1.54, 1.807) is 0 Å². The smallest absolute Gasteiger partial charge is 0.303 e. The van der Waals surface area contributed by atoms with Gasteiger partial charge < -0.3 is 10.4 Å². The van der Waals surface area contributed by atoms with Gasteiger partial charge in [0.2, 0.25) is 5.91 Å².